The van der Waals surface area contributed by atoms with Crippen molar-refractivity contribution in [1.29, 1.82) is 0 Å². The van der Waals surface area contributed by atoms with Crippen molar-refractivity contribution in [1.82, 2.24) is 0 Å². The van der Waals surface area contributed by atoms with Crippen molar-refractivity contribution in [2.24, 2.45) is 0 Å². The van der Waals surface area contributed by atoms with Gasteiger partial charge in [-0.1, -0.05) is 12.1 Å². The molecule has 88 valence electrons. The van der Waals surface area contributed by atoms with Gasteiger partial charge in [0, 0.05) is 18.9 Å². The fourth-order valence-electron chi connectivity index (χ4n) is 1.62. The number of benzene rings is 1. The molecule has 2 rings (SSSR count). The molecule has 1 saturated carbocycles. The number of rotatable bonds is 3. The molecule has 1 N–H and O–H groups in total. The van der Waals surface area contributed by atoms with Gasteiger partial charge in [-0.3, -0.25) is 9.59 Å². The number of alkyl halides is 1. The highest BCUT2D eigenvalue weighted by Crippen LogP contribution is 2.09. The molecular formula is C11H10INO4+2. The maximum Gasteiger partial charge on any atom is 0.369 e. The summed E-state index contributed by atoms with van der Waals surface area (Å²) < 4.78 is 0.0762. The van der Waals surface area contributed by atoms with Crippen LogP contribution in [-0.2, 0) is 9.59 Å². The first-order valence-corrected chi connectivity index (χ1v) is 7.36. The van der Waals surface area contributed by atoms with Gasteiger partial charge in [-0.15, -0.1) is 0 Å². The number of hydrogen-bond acceptors (Lipinski definition) is 3. The topological polar surface area (TPSA) is 74.5 Å². The Balaban J connectivity index is 2.27. The van der Waals surface area contributed by atoms with Crippen LogP contribution in [0, 0.1) is 8.48 Å². The van der Waals surface area contributed by atoms with Crippen LogP contribution in [-0.4, -0.2) is 25.6 Å². The molecule has 0 aliphatic heterocycles. The standard InChI is InChI=1S/C11H10INO4/c14-9-5-6-10(15)11(9)12-7-3-1-2-4-8(7)13(16)17/h1-4,11H,5-6H2,(H,16,17)/q+2. The predicted molar refractivity (Wildman–Crippen MR) is 53.2 cm³/mol. The Kier molecular flexibility index (Phi) is 3.51. The van der Waals surface area contributed by atoms with Gasteiger partial charge in [0.25, 0.3) is 12.4 Å². The van der Waals surface area contributed by atoms with Crippen LogP contribution in [0.2, 0.25) is 0 Å². The average Bonchev–Trinajstić information content (AvgIpc) is 2.61. The first-order chi connectivity index (χ1) is 8.09. The number of para-hydroxylation sites is 1. The summed E-state index contributed by atoms with van der Waals surface area (Å²) in [6, 6.07) is 6.52. The lowest BCUT2D eigenvalue weighted by Gasteiger charge is -1.91. The molecule has 17 heavy (non-hydrogen) atoms. The third-order valence-electron chi connectivity index (χ3n) is 2.47. The SMILES string of the molecule is O=C1CCC(=O)C1[I+]c1ccccc1[N+](=O)O. The second-order valence-corrected chi connectivity index (χ2v) is 6.66. The molecule has 1 aromatic carbocycles. The molecule has 1 aliphatic rings. The molecule has 0 spiro atoms. The summed E-state index contributed by atoms with van der Waals surface area (Å²) in [4.78, 5) is 33.8. The summed E-state index contributed by atoms with van der Waals surface area (Å²) in [5, 5.41) is 8.94. The van der Waals surface area contributed by atoms with E-state index < -0.39 is 25.1 Å². The highest BCUT2D eigenvalue weighted by molar-refractivity contribution is 6.10. The van der Waals surface area contributed by atoms with Gasteiger partial charge in [0.1, 0.15) is 0 Å². The molecule has 0 saturated heterocycles. The van der Waals surface area contributed by atoms with Gasteiger partial charge in [-0.2, -0.15) is 0 Å². The molecular weight excluding hydrogens is 337 g/mol. The van der Waals surface area contributed by atoms with Gasteiger partial charge in [0.05, 0.1) is 4.91 Å². The lowest BCUT2D eigenvalue weighted by Crippen LogP contribution is -3.66. The van der Waals surface area contributed by atoms with Crippen molar-refractivity contribution in [3.05, 3.63) is 32.7 Å². The number of Topliss-reactive ketones (excluding diaryl/α,β-unsaturated/α-hetero) is 2. The van der Waals surface area contributed by atoms with E-state index in [1.54, 1.807) is 18.2 Å². The first kappa shape index (κ1) is 12.2. The fourth-order valence-corrected chi connectivity index (χ4v) is 4.73. The van der Waals surface area contributed by atoms with E-state index in [9.17, 15) is 14.5 Å². The lowest BCUT2D eigenvalue weighted by atomic mass is 10.3. The summed E-state index contributed by atoms with van der Waals surface area (Å²) in [7, 11) is 0. The van der Waals surface area contributed by atoms with Crippen molar-refractivity contribution >= 4 is 17.3 Å². The Bertz CT molecular complexity index is 484. The van der Waals surface area contributed by atoms with Crippen LogP contribution >= 0.6 is 0 Å². The maximum absolute atomic E-state index is 11.5. The van der Waals surface area contributed by atoms with Gasteiger partial charge in [-0.25, -0.2) is 5.21 Å². The molecule has 1 aromatic rings. The number of halogens is 1. The summed E-state index contributed by atoms with van der Waals surface area (Å²) >= 11 is -0.913. The number of hydrogen-bond donors (Lipinski definition) is 1. The van der Waals surface area contributed by atoms with Crippen LogP contribution in [0.3, 0.4) is 0 Å². The van der Waals surface area contributed by atoms with Crippen molar-refractivity contribution in [3.63, 3.8) is 0 Å². The van der Waals surface area contributed by atoms with Crippen LogP contribution in [0.15, 0.2) is 24.3 Å². The zero-order valence-electron chi connectivity index (χ0n) is 8.80. The van der Waals surface area contributed by atoms with E-state index >= 15 is 0 Å². The largest absolute Gasteiger partial charge is 0.369 e. The van der Waals surface area contributed by atoms with Crippen LogP contribution in [0.1, 0.15) is 12.8 Å². The second kappa shape index (κ2) is 4.91. The zero-order chi connectivity index (χ0) is 12.4. The van der Waals surface area contributed by atoms with Gasteiger partial charge >= 0.3 is 26.9 Å². The van der Waals surface area contributed by atoms with E-state index in [0.29, 0.717) is 16.4 Å². The van der Waals surface area contributed by atoms with E-state index in [-0.39, 0.29) is 22.2 Å². The minimum Gasteiger partial charge on any atom is -0.294 e. The fraction of sp³-hybridized carbons (Fsp3) is 0.273. The van der Waals surface area contributed by atoms with Gasteiger partial charge < -0.3 is 0 Å². The summed E-state index contributed by atoms with van der Waals surface area (Å²) in [6.07, 6.45) is 0.622. The minimum atomic E-state index is -0.913. The maximum atomic E-state index is 11.5. The third-order valence-corrected chi connectivity index (χ3v) is 6.06. The average molecular weight is 347 g/mol. The Morgan fingerprint density at radius 1 is 1.18 bits per heavy atom. The molecule has 6 heteroatoms. The number of ketones is 2. The molecule has 0 bridgehead atoms. The number of carbonyl (C=O) groups is 2. The predicted octanol–water partition coefficient (Wildman–Crippen LogP) is -1.95. The minimum absolute atomic E-state index is 0.0343. The highest BCUT2D eigenvalue weighted by Gasteiger charge is 2.47. The molecule has 0 heterocycles. The Labute approximate surface area is 108 Å². The van der Waals surface area contributed by atoms with Gasteiger partial charge in [-0.05, 0) is 6.07 Å². The summed E-state index contributed by atoms with van der Waals surface area (Å²) in [5.41, 5.74) is 0.132. The summed E-state index contributed by atoms with van der Waals surface area (Å²) in [5.74, 6) is -0.0685. The van der Waals surface area contributed by atoms with Crippen LogP contribution < -0.4 is 21.2 Å². The molecule has 5 nitrogen and oxygen atoms in total. The highest BCUT2D eigenvalue weighted by atomic mass is 127. The van der Waals surface area contributed by atoms with Crippen LogP contribution in [0.25, 0.3) is 0 Å². The molecule has 1 fully saturated rings. The zero-order valence-corrected chi connectivity index (χ0v) is 11.0. The van der Waals surface area contributed by atoms with E-state index in [1.807, 2.05) is 0 Å². The molecule has 0 atom stereocenters. The van der Waals surface area contributed by atoms with Gasteiger partial charge in [0.2, 0.25) is 0 Å². The van der Waals surface area contributed by atoms with Crippen molar-refractivity contribution in [2.45, 2.75) is 16.8 Å². The van der Waals surface area contributed by atoms with Crippen molar-refractivity contribution in [3.8, 4) is 0 Å². The molecule has 0 unspecified atom stereocenters. The number of carbonyl (C=O) groups excluding carboxylic acids is 2. The quantitative estimate of drug-likeness (QED) is 0.298. The second-order valence-electron chi connectivity index (χ2n) is 3.63. The van der Waals surface area contributed by atoms with Crippen LogP contribution in [0.4, 0.5) is 5.69 Å². The molecule has 0 amide bonds. The normalized spacial score (nSPS) is 16.5. The van der Waals surface area contributed by atoms with Crippen molar-refractivity contribution < 1.29 is 40.9 Å². The summed E-state index contributed by atoms with van der Waals surface area (Å²) in [6.45, 7) is 0. The van der Waals surface area contributed by atoms with E-state index in [0.717, 1.165) is 0 Å². The lowest BCUT2D eigenvalue weighted by molar-refractivity contribution is -0.742. The first-order valence-electron chi connectivity index (χ1n) is 5.03. The smallest absolute Gasteiger partial charge is 0.294 e. The Hall–Kier alpha value is -1.31. The Morgan fingerprint density at radius 2 is 1.76 bits per heavy atom. The molecule has 0 radical (unpaired) electrons. The van der Waals surface area contributed by atoms with Crippen molar-refractivity contribution in [2.75, 3.05) is 0 Å². The monoisotopic (exact) mass is 347 g/mol. The third kappa shape index (κ3) is 2.51. The van der Waals surface area contributed by atoms with E-state index in [4.69, 9.17) is 5.21 Å². The van der Waals surface area contributed by atoms with E-state index in [1.165, 1.54) is 6.07 Å². The van der Waals surface area contributed by atoms with Crippen LogP contribution in [0.5, 0.6) is 0 Å². The van der Waals surface area contributed by atoms with E-state index in [2.05, 4.69) is 0 Å². The number of nitrogens with zero attached hydrogens (tertiary/aromatic N) is 1. The molecule has 0 aromatic heterocycles. The molecule has 1 aliphatic carbocycles. The Morgan fingerprint density at radius 3 is 2.35 bits per heavy atom. The van der Waals surface area contributed by atoms with Gasteiger partial charge in [0.15, 0.2) is 11.6 Å².